The molecule has 0 radical (unpaired) electrons. The molecule has 0 spiro atoms. The maximum atomic E-state index is 13.2. The molecule has 4 rings (SSSR count). The van der Waals surface area contributed by atoms with Crippen molar-refractivity contribution < 1.29 is 23.0 Å². The molecule has 1 unspecified atom stereocenters. The number of hydrogen-bond acceptors (Lipinski definition) is 7. The maximum absolute atomic E-state index is 13.2. The van der Waals surface area contributed by atoms with E-state index in [4.69, 9.17) is 0 Å². The van der Waals surface area contributed by atoms with Gasteiger partial charge in [-0.15, -0.1) is 23.4 Å². The summed E-state index contributed by atoms with van der Waals surface area (Å²) in [6.07, 6.45) is -0.0328. The molecule has 0 bridgehead atoms. The zero-order valence-electron chi connectivity index (χ0n) is 20.4. The number of H-pyrrole nitrogens is 1. The summed E-state index contributed by atoms with van der Waals surface area (Å²) < 4.78 is 43.9. The molecular weight excluding hydrogens is 461 g/mol. The minimum atomic E-state index is -4.93. The molecule has 2 aromatic rings. The van der Waals surface area contributed by atoms with Crippen LogP contribution < -0.4 is 10.2 Å². The quantitative estimate of drug-likeness (QED) is 0.579. The van der Waals surface area contributed by atoms with Crippen LogP contribution in [0.1, 0.15) is 58.2 Å². The van der Waals surface area contributed by atoms with Crippen LogP contribution in [0, 0.1) is 0 Å². The standard InChI is InChI=1S/C24H31F3N6O2/c1-22(2)10-16(11-23(3,4)32-22)33(5)20-7-6-17(30-31-20)21-18(34)8-14(15-12-28-29-13-15)9-19(21)35-24(25,26)27/h6-7,9,12-13,16,18,32,34H,8,10-11H2,1-5H3,(H,28,29). The van der Waals surface area contributed by atoms with Crippen LogP contribution in [-0.4, -0.2) is 62.1 Å². The van der Waals surface area contributed by atoms with E-state index in [0.29, 0.717) is 17.0 Å². The van der Waals surface area contributed by atoms with Crippen LogP contribution in [0.25, 0.3) is 11.1 Å². The van der Waals surface area contributed by atoms with E-state index < -0.39 is 18.2 Å². The van der Waals surface area contributed by atoms with Crippen molar-refractivity contribution in [1.29, 1.82) is 0 Å². The highest BCUT2D eigenvalue weighted by atomic mass is 19.4. The van der Waals surface area contributed by atoms with Crippen molar-refractivity contribution >= 4 is 17.0 Å². The summed E-state index contributed by atoms with van der Waals surface area (Å²) in [5.74, 6) is 0.0933. The Morgan fingerprint density at radius 3 is 2.34 bits per heavy atom. The number of piperidine rings is 1. The van der Waals surface area contributed by atoms with E-state index in [-0.39, 0.29) is 34.8 Å². The molecule has 0 saturated carbocycles. The molecule has 2 aromatic heterocycles. The minimum absolute atomic E-state index is 0.0552. The third kappa shape index (κ3) is 5.84. The SMILES string of the molecule is CN(c1ccc(C2=C(OC(F)(F)F)C=C(c3cn[nH]c3)CC2O)nn1)C1CC(C)(C)NC(C)(C)C1. The molecule has 11 heteroatoms. The number of aliphatic hydroxyl groups excluding tert-OH is 1. The zero-order chi connectivity index (χ0) is 25.6. The van der Waals surface area contributed by atoms with Crippen molar-refractivity contribution in [2.24, 2.45) is 0 Å². The van der Waals surface area contributed by atoms with Crippen LogP contribution in [0.2, 0.25) is 0 Å². The van der Waals surface area contributed by atoms with E-state index in [1.807, 2.05) is 7.05 Å². The number of hydrogen-bond donors (Lipinski definition) is 3. The molecular formula is C24H31F3N6O2. The number of aromatic amines is 1. The third-order valence-electron chi connectivity index (χ3n) is 6.42. The first-order valence-corrected chi connectivity index (χ1v) is 11.5. The molecule has 0 amide bonds. The van der Waals surface area contributed by atoms with Crippen molar-refractivity contribution in [1.82, 2.24) is 25.7 Å². The summed E-state index contributed by atoms with van der Waals surface area (Å²) >= 11 is 0. The Kier molecular flexibility index (Phi) is 6.43. The fourth-order valence-corrected chi connectivity index (χ4v) is 5.29. The number of ether oxygens (including phenoxy) is 1. The highest BCUT2D eigenvalue weighted by molar-refractivity contribution is 5.81. The highest BCUT2D eigenvalue weighted by Gasteiger charge is 2.40. The summed E-state index contributed by atoms with van der Waals surface area (Å²) in [6.45, 7) is 8.64. The van der Waals surface area contributed by atoms with Crippen molar-refractivity contribution in [3.05, 3.63) is 47.6 Å². The Bertz CT molecular complexity index is 1090. The molecule has 35 heavy (non-hydrogen) atoms. The Hall–Kier alpha value is -2.92. The van der Waals surface area contributed by atoms with Crippen molar-refractivity contribution in [2.75, 3.05) is 11.9 Å². The molecule has 8 nitrogen and oxygen atoms in total. The average molecular weight is 493 g/mol. The first kappa shape index (κ1) is 25.2. The second kappa shape index (κ2) is 8.94. The topological polar surface area (TPSA) is 99.2 Å². The smallest absolute Gasteiger partial charge is 0.405 e. The Morgan fingerprint density at radius 2 is 1.80 bits per heavy atom. The van der Waals surface area contributed by atoms with Gasteiger partial charge in [0.2, 0.25) is 0 Å². The van der Waals surface area contributed by atoms with Crippen molar-refractivity contribution in [2.45, 2.75) is 76.5 Å². The molecule has 3 heterocycles. The number of aliphatic hydroxyl groups is 1. The predicted molar refractivity (Wildman–Crippen MR) is 126 cm³/mol. The van der Waals surface area contributed by atoms with Gasteiger partial charge in [-0.3, -0.25) is 5.10 Å². The van der Waals surface area contributed by atoms with Crippen LogP contribution >= 0.6 is 0 Å². The minimum Gasteiger partial charge on any atom is -0.405 e. The second-order valence-corrected chi connectivity index (χ2v) is 10.5. The molecule has 1 fully saturated rings. The summed E-state index contributed by atoms with van der Waals surface area (Å²) in [6, 6.07) is 3.49. The van der Waals surface area contributed by atoms with Gasteiger partial charge in [-0.1, -0.05) is 0 Å². The summed E-state index contributed by atoms with van der Waals surface area (Å²) in [7, 11) is 1.94. The van der Waals surface area contributed by atoms with Gasteiger partial charge in [-0.25, -0.2) is 0 Å². The van der Waals surface area contributed by atoms with E-state index in [1.54, 1.807) is 18.3 Å². The number of rotatable bonds is 5. The Balaban J connectivity index is 1.65. The van der Waals surface area contributed by atoms with Gasteiger partial charge in [0.15, 0.2) is 5.82 Å². The molecule has 3 N–H and O–H groups in total. The number of anilines is 1. The van der Waals surface area contributed by atoms with E-state index in [1.165, 1.54) is 12.3 Å². The summed E-state index contributed by atoms with van der Waals surface area (Å²) in [5, 5.41) is 29.4. The first-order valence-electron chi connectivity index (χ1n) is 11.5. The summed E-state index contributed by atoms with van der Waals surface area (Å²) in [5.41, 5.74) is 0.988. The number of nitrogens with zero attached hydrogens (tertiary/aromatic N) is 4. The zero-order valence-corrected chi connectivity index (χ0v) is 20.4. The van der Waals surface area contributed by atoms with Crippen molar-refractivity contribution in [3.63, 3.8) is 0 Å². The van der Waals surface area contributed by atoms with E-state index in [2.05, 4.69) is 63.0 Å². The fraction of sp³-hybridized carbons (Fsp3) is 0.542. The number of alkyl halides is 3. The van der Waals surface area contributed by atoms with Gasteiger partial charge in [-0.2, -0.15) is 5.10 Å². The Morgan fingerprint density at radius 1 is 1.11 bits per heavy atom. The monoisotopic (exact) mass is 492 g/mol. The van der Waals surface area contributed by atoms with Gasteiger partial charge in [0.25, 0.3) is 0 Å². The van der Waals surface area contributed by atoms with Crippen LogP contribution in [0.15, 0.2) is 36.4 Å². The fourth-order valence-electron chi connectivity index (χ4n) is 5.29. The normalized spacial score (nSPS) is 22.7. The van der Waals surface area contributed by atoms with Gasteiger partial charge >= 0.3 is 6.36 Å². The maximum Gasteiger partial charge on any atom is 0.573 e. The molecule has 0 aromatic carbocycles. The number of halogens is 3. The average Bonchev–Trinajstić information content (AvgIpc) is 3.25. The number of nitrogens with one attached hydrogen (secondary N) is 2. The van der Waals surface area contributed by atoms with Crippen LogP contribution in [0.5, 0.6) is 0 Å². The van der Waals surface area contributed by atoms with Crippen LogP contribution in [0.4, 0.5) is 19.0 Å². The van der Waals surface area contributed by atoms with Crippen LogP contribution in [-0.2, 0) is 4.74 Å². The van der Waals surface area contributed by atoms with E-state index in [0.717, 1.165) is 12.8 Å². The largest absolute Gasteiger partial charge is 0.573 e. The van der Waals surface area contributed by atoms with Gasteiger partial charge in [-0.05, 0) is 64.3 Å². The first-order chi connectivity index (χ1) is 16.2. The summed E-state index contributed by atoms with van der Waals surface area (Å²) in [4.78, 5) is 2.05. The lowest BCUT2D eigenvalue weighted by molar-refractivity contribution is -0.303. The molecule has 1 saturated heterocycles. The molecule has 1 atom stereocenters. The lowest BCUT2D eigenvalue weighted by Crippen LogP contribution is -2.62. The molecule has 190 valence electrons. The van der Waals surface area contributed by atoms with Gasteiger partial charge in [0.05, 0.1) is 23.6 Å². The molecule has 2 aliphatic rings. The van der Waals surface area contributed by atoms with E-state index >= 15 is 0 Å². The lowest BCUT2D eigenvalue weighted by Gasteiger charge is -2.49. The number of allylic oxidation sites excluding steroid dienone is 1. The predicted octanol–water partition coefficient (Wildman–Crippen LogP) is 4.04. The molecule has 1 aliphatic heterocycles. The second-order valence-electron chi connectivity index (χ2n) is 10.5. The third-order valence-corrected chi connectivity index (χ3v) is 6.42. The van der Waals surface area contributed by atoms with Crippen LogP contribution in [0.3, 0.4) is 0 Å². The number of aromatic nitrogens is 4. The van der Waals surface area contributed by atoms with Gasteiger partial charge < -0.3 is 20.1 Å². The van der Waals surface area contributed by atoms with Gasteiger partial charge in [0.1, 0.15) is 5.76 Å². The molecule has 1 aliphatic carbocycles. The lowest BCUT2D eigenvalue weighted by atomic mass is 9.79. The highest BCUT2D eigenvalue weighted by Crippen LogP contribution is 2.38. The Labute approximate surface area is 202 Å². The van der Waals surface area contributed by atoms with Crippen molar-refractivity contribution in [3.8, 4) is 0 Å². The van der Waals surface area contributed by atoms with E-state index in [9.17, 15) is 18.3 Å². The van der Waals surface area contributed by atoms with Gasteiger partial charge in [0, 0.05) is 42.3 Å².